The second-order valence-electron chi connectivity index (χ2n) is 31.9. The number of aliphatic carboxylic acids is 1. The van der Waals surface area contributed by atoms with Crippen molar-refractivity contribution in [2.24, 2.45) is 0 Å². The van der Waals surface area contributed by atoms with Gasteiger partial charge in [-0.05, 0) is 70.6 Å². The summed E-state index contributed by atoms with van der Waals surface area (Å²) in [5, 5.41) is 11.9. The van der Waals surface area contributed by atoms with E-state index in [4.69, 9.17) is 18.9 Å². The summed E-state index contributed by atoms with van der Waals surface area (Å²) in [5.41, 5.74) is 0. The maximum Gasteiger partial charge on any atom is 0.306 e. The number of hydrogen-bond donors (Lipinski definition) is 0. The van der Waals surface area contributed by atoms with E-state index in [9.17, 15) is 19.5 Å². The molecule has 0 heterocycles. The molecule has 9 heteroatoms. The van der Waals surface area contributed by atoms with Crippen LogP contribution in [0, 0.1) is 0 Å². The van der Waals surface area contributed by atoms with E-state index in [1.54, 1.807) is 0 Å². The zero-order valence-electron chi connectivity index (χ0n) is 69.7. The van der Waals surface area contributed by atoms with Crippen LogP contribution in [0.25, 0.3) is 0 Å². The molecule has 0 aliphatic carbocycles. The Morgan fingerprint density at radius 3 is 0.817 bits per heavy atom. The summed E-state index contributed by atoms with van der Waals surface area (Å²) >= 11 is 0. The van der Waals surface area contributed by atoms with Crippen LogP contribution >= 0.6 is 0 Å². The van der Waals surface area contributed by atoms with E-state index < -0.39 is 24.3 Å². The fraction of sp³-hybridized carbons (Fsp3) is 0.821. The molecule has 2 unspecified atom stereocenters. The van der Waals surface area contributed by atoms with Crippen molar-refractivity contribution >= 4 is 17.9 Å². The van der Waals surface area contributed by atoms with E-state index in [-0.39, 0.29) is 32.2 Å². The zero-order valence-corrected chi connectivity index (χ0v) is 69.7. The number of carboxylic acid groups (broad SMARTS) is 1. The first-order valence-electron chi connectivity index (χ1n) is 45.2. The number of ether oxygens (including phenoxy) is 4. The van der Waals surface area contributed by atoms with Gasteiger partial charge in [0.1, 0.15) is 13.2 Å². The molecule has 0 radical (unpaired) electrons. The molecule has 0 saturated heterocycles. The van der Waals surface area contributed by atoms with Crippen molar-refractivity contribution in [1.29, 1.82) is 0 Å². The van der Waals surface area contributed by atoms with Crippen LogP contribution in [0.5, 0.6) is 0 Å². The highest BCUT2D eigenvalue weighted by Crippen LogP contribution is 2.21. The monoisotopic (exact) mass is 1460 g/mol. The number of carboxylic acids is 1. The van der Waals surface area contributed by atoms with E-state index in [1.807, 2.05) is 21.1 Å². The van der Waals surface area contributed by atoms with Gasteiger partial charge >= 0.3 is 11.9 Å². The molecule has 0 aliphatic rings. The Labute approximate surface area is 646 Å². The number of unbranched alkanes of at least 4 members (excludes halogenated alkanes) is 56. The lowest BCUT2D eigenvalue weighted by Crippen LogP contribution is -2.44. The highest BCUT2D eigenvalue weighted by Gasteiger charge is 2.22. The number of nitrogens with zero attached hydrogens (tertiary/aromatic N) is 1. The van der Waals surface area contributed by atoms with Crippen LogP contribution in [-0.4, -0.2) is 82.3 Å². The first-order chi connectivity index (χ1) is 51.1. The molecular weight excluding hydrogens is 1280 g/mol. The molecule has 0 saturated carbocycles. The molecule has 0 aromatic carbocycles. The van der Waals surface area contributed by atoms with Gasteiger partial charge in [-0.25, -0.2) is 0 Å². The van der Waals surface area contributed by atoms with Gasteiger partial charge in [0.25, 0.3) is 0 Å². The second kappa shape index (κ2) is 85.1. The first-order valence-corrected chi connectivity index (χ1v) is 45.2. The number of hydrogen-bond acceptors (Lipinski definition) is 8. The maximum atomic E-state index is 13.0. The van der Waals surface area contributed by atoms with Crippen LogP contribution < -0.4 is 5.11 Å². The molecule has 0 N–H and O–H groups in total. The number of likely N-dealkylation sites (N-methyl/N-ethyl adjacent to an activating group) is 1. The number of quaternary nitrogens is 1. The Bertz CT molecular complexity index is 2000. The lowest BCUT2D eigenvalue weighted by Gasteiger charge is -2.26. The third-order valence-corrected chi connectivity index (χ3v) is 20.4. The zero-order chi connectivity index (χ0) is 75.3. The molecule has 9 nitrogen and oxygen atoms in total. The summed E-state index contributed by atoms with van der Waals surface area (Å²) in [4.78, 5) is 37.7. The van der Waals surface area contributed by atoms with Crippen LogP contribution in [0.4, 0.5) is 0 Å². The molecular formula is C95H173NO8. The molecule has 0 aromatic rings. The van der Waals surface area contributed by atoms with Crippen molar-refractivity contribution < 1.29 is 42.9 Å². The minimum absolute atomic E-state index is 0.149. The fourth-order valence-electron chi connectivity index (χ4n) is 13.6. The molecule has 0 bridgehead atoms. The summed E-state index contributed by atoms with van der Waals surface area (Å²) < 4.78 is 22.9. The van der Waals surface area contributed by atoms with Crippen molar-refractivity contribution in [3.63, 3.8) is 0 Å². The van der Waals surface area contributed by atoms with Crippen LogP contribution in [0.1, 0.15) is 444 Å². The third kappa shape index (κ3) is 85.7. The van der Waals surface area contributed by atoms with Gasteiger partial charge < -0.3 is 33.3 Å². The number of carbonyl (C=O) groups is 3. The topological polar surface area (TPSA) is 111 Å². The molecule has 0 amide bonds. The largest absolute Gasteiger partial charge is 0.545 e. The van der Waals surface area contributed by atoms with Gasteiger partial charge in [0.05, 0.1) is 40.3 Å². The summed E-state index contributed by atoms with van der Waals surface area (Å²) in [6.45, 7) is 4.71. The van der Waals surface area contributed by atoms with Crippen LogP contribution in [0.3, 0.4) is 0 Å². The molecule has 0 spiro atoms. The first kappa shape index (κ1) is 100. The summed E-state index contributed by atoms with van der Waals surface area (Å²) in [6.07, 6.45) is 115. The number of rotatable bonds is 85. The van der Waals surface area contributed by atoms with Crippen molar-refractivity contribution in [2.75, 3.05) is 47.5 Å². The maximum absolute atomic E-state index is 13.0. The van der Waals surface area contributed by atoms with E-state index in [2.05, 4.69) is 98.9 Å². The minimum Gasteiger partial charge on any atom is -0.545 e. The summed E-state index contributed by atoms with van der Waals surface area (Å²) in [7, 11) is 5.95. The second-order valence-corrected chi connectivity index (χ2v) is 31.9. The lowest BCUT2D eigenvalue weighted by molar-refractivity contribution is -0.870. The average molecular weight is 1460 g/mol. The van der Waals surface area contributed by atoms with Gasteiger partial charge in [0.15, 0.2) is 12.4 Å². The summed E-state index contributed by atoms with van der Waals surface area (Å²) in [6, 6.07) is 0. The smallest absolute Gasteiger partial charge is 0.306 e. The van der Waals surface area contributed by atoms with Gasteiger partial charge in [0.2, 0.25) is 0 Å². The highest BCUT2D eigenvalue weighted by molar-refractivity contribution is 5.70. The number of esters is 2. The fourth-order valence-corrected chi connectivity index (χ4v) is 13.6. The Balaban J connectivity index is 3.92. The predicted molar refractivity (Wildman–Crippen MR) is 449 cm³/mol. The van der Waals surface area contributed by atoms with Crippen LogP contribution in [0.2, 0.25) is 0 Å². The van der Waals surface area contributed by atoms with Crippen molar-refractivity contribution in [3.05, 3.63) is 85.1 Å². The molecule has 606 valence electrons. The van der Waals surface area contributed by atoms with E-state index in [0.717, 1.165) is 77.0 Å². The summed E-state index contributed by atoms with van der Waals surface area (Å²) in [5.74, 6) is -2.25. The van der Waals surface area contributed by atoms with E-state index in [0.29, 0.717) is 23.9 Å². The SMILES string of the molecule is CC/C=C\C/C=C\C/C=C\C/C=C\C/C=C\C/C=C\C/C=C\CCCCCCCCCCCCCCCCCCCC(=O)OC(COC(=O)CCCCCCCCCCCCCCCCCCCCCCCCCCCCCCCCCCCCCCCCCC)COC(OCC[N+](C)(C)C)C(=O)[O-]. The Morgan fingerprint density at radius 1 is 0.298 bits per heavy atom. The van der Waals surface area contributed by atoms with Crippen molar-refractivity contribution in [3.8, 4) is 0 Å². The third-order valence-electron chi connectivity index (χ3n) is 20.4. The average Bonchev–Trinajstić information content (AvgIpc) is 1.13. The minimum atomic E-state index is -1.62. The molecule has 0 aromatic heterocycles. The van der Waals surface area contributed by atoms with Crippen LogP contribution in [-0.2, 0) is 33.3 Å². The molecule has 0 fully saturated rings. The molecule has 0 rings (SSSR count). The lowest BCUT2D eigenvalue weighted by atomic mass is 10.0. The van der Waals surface area contributed by atoms with Gasteiger partial charge in [-0.15, -0.1) is 0 Å². The van der Waals surface area contributed by atoms with Gasteiger partial charge in [-0.2, -0.15) is 0 Å². The highest BCUT2D eigenvalue weighted by atomic mass is 16.7. The normalized spacial score (nSPS) is 13.0. The van der Waals surface area contributed by atoms with E-state index >= 15 is 0 Å². The standard InChI is InChI=1S/C95H173NO8/c1-6-8-10-12-14-16-18-20-22-24-26-28-30-32-34-36-38-40-42-44-46-48-49-51-53-55-57-59-61-63-65-67-69-71-73-75-77-79-81-83-85-92(97)102-89-91(90-103-95(94(99)100)101-88-87-96(3,4)5)104-93(98)86-84-82-80-78-76-74-72-70-68-66-64-62-60-58-56-54-52-50-47-45-43-41-39-37-35-33-31-29-27-25-23-21-19-17-15-13-11-9-7-2/h9,11,15,17,21,23,27,29,33,35,39,41,45,47,91,95H,6-8,10,12-14,16,18-20,22,24-26,28,30-32,34,36-38,40,42-44,46,48-90H2,1-5H3/b11-9-,17-15-,23-21-,29-27-,35-33-,41-39-,47-45-. The molecule has 0 aliphatic heterocycles. The van der Waals surface area contributed by atoms with Crippen LogP contribution in [0.15, 0.2) is 85.1 Å². The van der Waals surface area contributed by atoms with Crippen molar-refractivity contribution in [2.45, 2.75) is 456 Å². The quantitative estimate of drug-likeness (QED) is 0.0195. The molecule has 104 heavy (non-hydrogen) atoms. The number of allylic oxidation sites excluding steroid dienone is 14. The van der Waals surface area contributed by atoms with Crippen molar-refractivity contribution in [1.82, 2.24) is 0 Å². The van der Waals surface area contributed by atoms with Gasteiger partial charge in [-0.1, -0.05) is 446 Å². The van der Waals surface area contributed by atoms with Gasteiger partial charge in [0, 0.05) is 12.8 Å². The number of carbonyl (C=O) groups excluding carboxylic acids is 3. The van der Waals surface area contributed by atoms with Gasteiger partial charge in [-0.3, -0.25) is 9.59 Å². The Kier molecular flexibility index (Phi) is 82.2. The Hall–Kier alpha value is -3.53. The predicted octanol–water partition coefficient (Wildman–Crippen LogP) is 28.3. The van der Waals surface area contributed by atoms with E-state index in [1.165, 1.54) is 334 Å². The molecule has 2 atom stereocenters. The Morgan fingerprint density at radius 2 is 0.548 bits per heavy atom.